The van der Waals surface area contributed by atoms with E-state index in [-0.39, 0.29) is 5.92 Å². The van der Waals surface area contributed by atoms with E-state index in [1.807, 2.05) is 44.2 Å². The first kappa shape index (κ1) is 20.9. The first-order valence-electron chi connectivity index (χ1n) is 9.53. The number of rotatable bonds is 5. The molecular weight excluding hydrogens is 443 g/mol. The molecule has 0 saturated carbocycles. The van der Waals surface area contributed by atoms with Crippen molar-refractivity contribution >= 4 is 34.8 Å². The lowest BCUT2D eigenvalue weighted by Crippen LogP contribution is -2.00. The van der Waals surface area contributed by atoms with E-state index in [2.05, 4.69) is 17.1 Å². The monoisotopic (exact) mass is 460 g/mol. The Balaban J connectivity index is 1.95. The molecule has 0 radical (unpaired) electrons. The molecule has 0 aliphatic heterocycles. The molecule has 4 rings (SSSR count). The van der Waals surface area contributed by atoms with Gasteiger partial charge in [-0.2, -0.15) is 5.10 Å². The molecule has 0 aliphatic carbocycles. The Morgan fingerprint density at radius 3 is 2.50 bits per heavy atom. The van der Waals surface area contributed by atoms with Crippen LogP contribution in [0.4, 0.5) is 0 Å². The zero-order valence-corrected chi connectivity index (χ0v) is 18.9. The molecule has 1 unspecified atom stereocenters. The minimum Gasteiger partial charge on any atom is -0.419 e. The standard InChI is InChI=1S/C22H19Cl3N4O/c1-4-12(2)21-26-27-22(30-21)19-13(3)20(14-6-5-7-15(23)10-14)29(28-19)18-9-8-16(24)11-17(18)25/h5-12H,4H2,1-3H3. The molecule has 0 bridgehead atoms. The van der Waals surface area contributed by atoms with Gasteiger partial charge in [-0.15, -0.1) is 10.2 Å². The van der Waals surface area contributed by atoms with Crippen molar-refractivity contribution in [2.24, 2.45) is 0 Å². The van der Waals surface area contributed by atoms with Crippen LogP contribution in [-0.4, -0.2) is 20.0 Å². The predicted molar refractivity (Wildman–Crippen MR) is 121 cm³/mol. The first-order valence-corrected chi connectivity index (χ1v) is 10.7. The summed E-state index contributed by atoms with van der Waals surface area (Å²) in [5, 5.41) is 14.9. The number of benzene rings is 2. The summed E-state index contributed by atoms with van der Waals surface area (Å²) >= 11 is 18.9. The molecule has 0 N–H and O–H groups in total. The molecule has 2 aromatic carbocycles. The molecule has 1 atom stereocenters. The lowest BCUT2D eigenvalue weighted by atomic mass is 10.1. The average Bonchev–Trinajstić information content (AvgIpc) is 3.32. The van der Waals surface area contributed by atoms with E-state index >= 15 is 0 Å². The van der Waals surface area contributed by atoms with Crippen LogP contribution in [0.1, 0.15) is 37.6 Å². The van der Waals surface area contributed by atoms with Crippen LogP contribution < -0.4 is 0 Å². The van der Waals surface area contributed by atoms with Gasteiger partial charge in [0.05, 0.1) is 16.4 Å². The van der Waals surface area contributed by atoms with Crippen molar-refractivity contribution in [1.29, 1.82) is 0 Å². The van der Waals surface area contributed by atoms with E-state index < -0.39 is 0 Å². The lowest BCUT2D eigenvalue weighted by molar-refractivity contribution is 0.460. The highest BCUT2D eigenvalue weighted by atomic mass is 35.5. The third kappa shape index (κ3) is 3.85. The molecule has 30 heavy (non-hydrogen) atoms. The molecule has 0 aliphatic rings. The summed E-state index contributed by atoms with van der Waals surface area (Å²) in [6.07, 6.45) is 0.906. The third-order valence-electron chi connectivity index (χ3n) is 5.04. The highest BCUT2D eigenvalue weighted by Crippen LogP contribution is 2.36. The normalized spacial score (nSPS) is 12.3. The van der Waals surface area contributed by atoms with Crippen molar-refractivity contribution < 1.29 is 4.42 Å². The number of nitrogens with zero attached hydrogens (tertiary/aromatic N) is 4. The van der Waals surface area contributed by atoms with Crippen molar-refractivity contribution in [2.45, 2.75) is 33.1 Å². The highest BCUT2D eigenvalue weighted by Gasteiger charge is 2.24. The van der Waals surface area contributed by atoms with Gasteiger partial charge in [0.15, 0.2) is 5.69 Å². The summed E-state index contributed by atoms with van der Waals surface area (Å²) in [5.41, 5.74) is 3.89. The van der Waals surface area contributed by atoms with E-state index in [1.54, 1.807) is 16.8 Å². The molecule has 4 aromatic rings. The van der Waals surface area contributed by atoms with Crippen LogP contribution in [0.25, 0.3) is 28.5 Å². The molecule has 2 aromatic heterocycles. The van der Waals surface area contributed by atoms with Gasteiger partial charge in [-0.05, 0) is 43.7 Å². The van der Waals surface area contributed by atoms with Crippen LogP contribution >= 0.6 is 34.8 Å². The minimum absolute atomic E-state index is 0.173. The van der Waals surface area contributed by atoms with Gasteiger partial charge in [-0.1, -0.05) is 60.8 Å². The Morgan fingerprint density at radius 2 is 1.80 bits per heavy atom. The maximum absolute atomic E-state index is 6.50. The Kier molecular flexibility index (Phi) is 5.87. The Labute approximate surface area is 189 Å². The molecule has 0 saturated heterocycles. The SMILES string of the molecule is CCC(C)c1nnc(-c2nn(-c3ccc(Cl)cc3Cl)c(-c3cccc(Cl)c3)c2C)o1. The first-order chi connectivity index (χ1) is 14.4. The molecule has 0 fully saturated rings. The van der Waals surface area contributed by atoms with Crippen LogP contribution in [0, 0.1) is 6.92 Å². The van der Waals surface area contributed by atoms with Crippen molar-refractivity contribution in [1.82, 2.24) is 20.0 Å². The van der Waals surface area contributed by atoms with Gasteiger partial charge in [0.1, 0.15) is 0 Å². The van der Waals surface area contributed by atoms with E-state index in [9.17, 15) is 0 Å². The second kappa shape index (κ2) is 8.42. The van der Waals surface area contributed by atoms with Gasteiger partial charge < -0.3 is 4.42 Å². The van der Waals surface area contributed by atoms with Crippen molar-refractivity contribution in [2.75, 3.05) is 0 Å². The fraction of sp³-hybridized carbons (Fsp3) is 0.227. The predicted octanol–water partition coefficient (Wildman–Crippen LogP) is 7.37. The van der Waals surface area contributed by atoms with Crippen LogP contribution in [-0.2, 0) is 0 Å². The maximum Gasteiger partial charge on any atom is 0.268 e. The lowest BCUT2D eigenvalue weighted by Gasteiger charge is -2.11. The summed E-state index contributed by atoms with van der Waals surface area (Å²) in [4.78, 5) is 0. The largest absolute Gasteiger partial charge is 0.419 e. The zero-order valence-electron chi connectivity index (χ0n) is 16.7. The van der Waals surface area contributed by atoms with E-state index in [4.69, 9.17) is 44.3 Å². The number of halogens is 3. The zero-order chi connectivity index (χ0) is 21.4. The number of hydrogen-bond donors (Lipinski definition) is 0. The van der Waals surface area contributed by atoms with E-state index in [1.165, 1.54) is 0 Å². The van der Waals surface area contributed by atoms with Crippen molar-refractivity contribution in [3.05, 3.63) is 69.0 Å². The molecule has 2 heterocycles. The maximum atomic E-state index is 6.50. The second-order valence-electron chi connectivity index (χ2n) is 7.09. The van der Waals surface area contributed by atoms with Gasteiger partial charge >= 0.3 is 0 Å². The van der Waals surface area contributed by atoms with Gasteiger partial charge in [0.2, 0.25) is 5.89 Å². The molecule has 154 valence electrons. The number of aromatic nitrogens is 4. The average molecular weight is 462 g/mol. The van der Waals surface area contributed by atoms with E-state index in [0.29, 0.717) is 38.2 Å². The molecule has 8 heteroatoms. The summed E-state index contributed by atoms with van der Waals surface area (Å²) < 4.78 is 7.70. The quantitative estimate of drug-likeness (QED) is 0.311. The second-order valence-corrected chi connectivity index (χ2v) is 8.37. The summed E-state index contributed by atoms with van der Waals surface area (Å²) in [7, 11) is 0. The fourth-order valence-electron chi connectivity index (χ4n) is 3.21. The van der Waals surface area contributed by atoms with Gasteiger partial charge in [-0.25, -0.2) is 4.68 Å². The van der Waals surface area contributed by atoms with E-state index in [0.717, 1.165) is 23.2 Å². The van der Waals surface area contributed by atoms with Crippen LogP contribution in [0.2, 0.25) is 15.1 Å². The Bertz CT molecular complexity index is 1220. The summed E-state index contributed by atoms with van der Waals surface area (Å²) in [6.45, 7) is 6.09. The topological polar surface area (TPSA) is 56.7 Å². The third-order valence-corrected chi connectivity index (χ3v) is 5.81. The smallest absolute Gasteiger partial charge is 0.268 e. The fourth-order valence-corrected chi connectivity index (χ4v) is 3.88. The molecular formula is C22H19Cl3N4O. The molecule has 0 amide bonds. The molecule has 0 spiro atoms. The highest BCUT2D eigenvalue weighted by molar-refractivity contribution is 6.35. The Hall–Kier alpha value is -2.34. The van der Waals surface area contributed by atoms with Gasteiger partial charge in [0, 0.05) is 27.1 Å². The molecule has 5 nitrogen and oxygen atoms in total. The van der Waals surface area contributed by atoms with Crippen LogP contribution in [0.3, 0.4) is 0 Å². The van der Waals surface area contributed by atoms with Gasteiger partial charge in [0.25, 0.3) is 5.89 Å². The van der Waals surface area contributed by atoms with Crippen molar-refractivity contribution in [3.63, 3.8) is 0 Å². The minimum atomic E-state index is 0.173. The Morgan fingerprint density at radius 1 is 1.03 bits per heavy atom. The summed E-state index contributed by atoms with van der Waals surface area (Å²) in [6, 6.07) is 12.9. The van der Waals surface area contributed by atoms with Crippen LogP contribution in [0.15, 0.2) is 46.9 Å². The van der Waals surface area contributed by atoms with Crippen molar-refractivity contribution in [3.8, 4) is 28.5 Å². The van der Waals surface area contributed by atoms with Crippen LogP contribution in [0.5, 0.6) is 0 Å². The number of hydrogen-bond acceptors (Lipinski definition) is 4. The summed E-state index contributed by atoms with van der Waals surface area (Å²) in [5.74, 6) is 1.14. The van der Waals surface area contributed by atoms with Gasteiger partial charge in [-0.3, -0.25) is 0 Å².